The maximum absolute atomic E-state index is 13.0. The van der Waals surface area contributed by atoms with Gasteiger partial charge in [0, 0.05) is 25.9 Å². The van der Waals surface area contributed by atoms with E-state index in [1.54, 1.807) is 10.6 Å². The Hall–Kier alpha value is -3.55. The van der Waals surface area contributed by atoms with Crippen molar-refractivity contribution in [3.8, 4) is 0 Å². The highest BCUT2D eigenvalue weighted by molar-refractivity contribution is 5.93. The van der Waals surface area contributed by atoms with Gasteiger partial charge in [0.05, 0.1) is 6.54 Å². The summed E-state index contributed by atoms with van der Waals surface area (Å²) >= 11 is 0. The third kappa shape index (κ3) is 3.02. The first-order chi connectivity index (χ1) is 13.8. The molecule has 1 aliphatic heterocycles. The second-order valence-electron chi connectivity index (χ2n) is 6.81. The quantitative estimate of drug-likeness (QED) is 0.545. The van der Waals surface area contributed by atoms with E-state index in [-0.39, 0.29) is 5.91 Å². The Kier molecular flexibility index (Phi) is 4.08. The van der Waals surface area contributed by atoms with Crippen LogP contribution in [0.15, 0.2) is 54.9 Å². The van der Waals surface area contributed by atoms with Gasteiger partial charge < -0.3 is 4.90 Å². The largest absolute Gasteiger partial charge is 0.335 e. The minimum atomic E-state index is -0.0497. The topological polar surface area (TPSA) is 81.2 Å². The van der Waals surface area contributed by atoms with Gasteiger partial charge in [-0.2, -0.15) is 10.2 Å². The molecular formula is C20H19N7O. The Bertz CT molecular complexity index is 1110. The molecule has 4 aromatic rings. The Labute approximate surface area is 161 Å². The standard InChI is InChI=1S/C20H19N7O/c28-20(16-7-4-8-18-21-14-22-27(16)18)25-10-9-19-23-17(24-26(19)12-11-25)13-15-5-2-1-3-6-15/h1-8,14H,9-13H2. The van der Waals surface area contributed by atoms with Crippen molar-refractivity contribution in [3.05, 3.63) is 77.8 Å². The van der Waals surface area contributed by atoms with Crippen LogP contribution in [-0.4, -0.2) is 53.3 Å². The molecule has 0 aliphatic carbocycles. The van der Waals surface area contributed by atoms with E-state index >= 15 is 0 Å². The zero-order valence-electron chi connectivity index (χ0n) is 15.3. The van der Waals surface area contributed by atoms with Gasteiger partial charge in [0.1, 0.15) is 17.8 Å². The van der Waals surface area contributed by atoms with Gasteiger partial charge >= 0.3 is 0 Å². The number of carbonyl (C=O) groups is 1. The number of nitrogens with zero attached hydrogens (tertiary/aromatic N) is 7. The first kappa shape index (κ1) is 16.6. The molecule has 0 bridgehead atoms. The average Bonchev–Trinajstić information content (AvgIpc) is 3.30. The van der Waals surface area contributed by atoms with Gasteiger partial charge in [-0.05, 0) is 17.7 Å². The molecule has 1 aromatic carbocycles. The molecule has 0 saturated heterocycles. The Balaban J connectivity index is 1.32. The SMILES string of the molecule is O=C(c1cccc2ncnn12)N1CCc2nc(Cc3ccccc3)nn2CC1. The molecule has 0 radical (unpaired) electrons. The fourth-order valence-corrected chi connectivity index (χ4v) is 3.58. The molecule has 5 rings (SSSR count). The smallest absolute Gasteiger partial charge is 0.272 e. The summed E-state index contributed by atoms with van der Waals surface area (Å²) in [6.07, 6.45) is 2.86. The van der Waals surface area contributed by atoms with E-state index in [9.17, 15) is 4.79 Å². The molecule has 0 spiro atoms. The normalized spacial score (nSPS) is 14.1. The summed E-state index contributed by atoms with van der Waals surface area (Å²) in [4.78, 5) is 23.7. The van der Waals surface area contributed by atoms with Crippen LogP contribution in [0.3, 0.4) is 0 Å². The number of amides is 1. The lowest BCUT2D eigenvalue weighted by atomic mass is 10.1. The van der Waals surface area contributed by atoms with Gasteiger partial charge in [-0.15, -0.1) is 0 Å². The van der Waals surface area contributed by atoms with E-state index in [0.717, 1.165) is 18.1 Å². The maximum atomic E-state index is 13.0. The van der Waals surface area contributed by atoms with E-state index in [1.807, 2.05) is 39.9 Å². The number of hydrogen-bond acceptors (Lipinski definition) is 5. The summed E-state index contributed by atoms with van der Waals surface area (Å²) in [5.74, 6) is 1.71. The van der Waals surface area contributed by atoms with Crippen molar-refractivity contribution >= 4 is 11.6 Å². The molecule has 4 heterocycles. The number of rotatable bonds is 3. The number of hydrogen-bond donors (Lipinski definition) is 0. The van der Waals surface area contributed by atoms with Gasteiger partial charge in [-0.25, -0.2) is 19.2 Å². The van der Waals surface area contributed by atoms with Gasteiger partial charge in [-0.1, -0.05) is 36.4 Å². The average molecular weight is 373 g/mol. The number of benzene rings is 1. The molecule has 28 heavy (non-hydrogen) atoms. The van der Waals surface area contributed by atoms with Crippen molar-refractivity contribution < 1.29 is 4.79 Å². The van der Waals surface area contributed by atoms with Crippen LogP contribution < -0.4 is 0 Å². The number of pyridine rings is 1. The first-order valence-electron chi connectivity index (χ1n) is 9.32. The predicted molar refractivity (Wildman–Crippen MR) is 102 cm³/mol. The van der Waals surface area contributed by atoms with E-state index < -0.39 is 0 Å². The molecule has 140 valence electrons. The minimum absolute atomic E-state index is 0.0497. The lowest BCUT2D eigenvalue weighted by Crippen LogP contribution is -2.35. The van der Waals surface area contributed by atoms with Gasteiger partial charge in [0.2, 0.25) is 0 Å². The molecule has 0 saturated carbocycles. The highest BCUT2D eigenvalue weighted by Crippen LogP contribution is 2.13. The van der Waals surface area contributed by atoms with Crippen LogP contribution >= 0.6 is 0 Å². The molecule has 1 amide bonds. The van der Waals surface area contributed by atoms with Gasteiger partial charge in [0.15, 0.2) is 11.5 Å². The molecule has 0 atom stereocenters. The van der Waals surface area contributed by atoms with Crippen LogP contribution in [0.1, 0.15) is 27.7 Å². The summed E-state index contributed by atoms with van der Waals surface area (Å²) in [6, 6.07) is 15.7. The molecule has 0 unspecified atom stereocenters. The number of carbonyl (C=O) groups excluding carboxylic acids is 1. The van der Waals surface area contributed by atoms with E-state index in [2.05, 4.69) is 27.3 Å². The second-order valence-corrected chi connectivity index (χ2v) is 6.81. The minimum Gasteiger partial charge on any atom is -0.335 e. The van der Waals surface area contributed by atoms with Crippen molar-refractivity contribution in [1.82, 2.24) is 34.3 Å². The van der Waals surface area contributed by atoms with Gasteiger partial charge in [0.25, 0.3) is 5.91 Å². The summed E-state index contributed by atoms with van der Waals surface area (Å²) in [6.45, 7) is 1.83. The summed E-state index contributed by atoms with van der Waals surface area (Å²) in [5, 5.41) is 8.82. The fourth-order valence-electron chi connectivity index (χ4n) is 3.58. The van der Waals surface area contributed by atoms with E-state index in [4.69, 9.17) is 4.98 Å². The third-order valence-corrected chi connectivity index (χ3v) is 4.99. The van der Waals surface area contributed by atoms with Crippen molar-refractivity contribution in [3.63, 3.8) is 0 Å². The highest BCUT2D eigenvalue weighted by Gasteiger charge is 2.23. The predicted octanol–water partition coefficient (Wildman–Crippen LogP) is 1.61. The molecule has 8 nitrogen and oxygen atoms in total. The third-order valence-electron chi connectivity index (χ3n) is 4.99. The molecule has 1 aliphatic rings. The van der Waals surface area contributed by atoms with E-state index in [1.165, 1.54) is 11.9 Å². The first-order valence-corrected chi connectivity index (χ1v) is 9.32. The lowest BCUT2D eigenvalue weighted by molar-refractivity contribution is 0.0749. The van der Waals surface area contributed by atoms with Crippen LogP contribution in [0.2, 0.25) is 0 Å². The zero-order valence-corrected chi connectivity index (χ0v) is 15.3. The van der Waals surface area contributed by atoms with Crippen molar-refractivity contribution in [2.24, 2.45) is 0 Å². The Morgan fingerprint density at radius 1 is 1.00 bits per heavy atom. The van der Waals surface area contributed by atoms with Crippen molar-refractivity contribution in [2.45, 2.75) is 19.4 Å². The zero-order chi connectivity index (χ0) is 18.9. The van der Waals surface area contributed by atoms with Crippen molar-refractivity contribution in [1.29, 1.82) is 0 Å². The fraction of sp³-hybridized carbons (Fsp3) is 0.250. The summed E-state index contributed by atoms with van der Waals surface area (Å²) < 4.78 is 3.52. The molecule has 0 N–H and O–H groups in total. The lowest BCUT2D eigenvalue weighted by Gasteiger charge is -2.20. The maximum Gasteiger partial charge on any atom is 0.272 e. The van der Waals surface area contributed by atoms with Gasteiger partial charge in [-0.3, -0.25) is 4.79 Å². The van der Waals surface area contributed by atoms with Crippen LogP contribution in [0, 0.1) is 0 Å². The summed E-state index contributed by atoms with van der Waals surface area (Å²) in [5.41, 5.74) is 2.38. The second kappa shape index (κ2) is 6.88. The van der Waals surface area contributed by atoms with Crippen LogP contribution in [-0.2, 0) is 19.4 Å². The molecule has 0 fully saturated rings. The molecule has 3 aromatic heterocycles. The highest BCUT2D eigenvalue weighted by atomic mass is 16.2. The number of aromatic nitrogens is 6. The molecular weight excluding hydrogens is 354 g/mol. The van der Waals surface area contributed by atoms with Crippen LogP contribution in [0.5, 0.6) is 0 Å². The Morgan fingerprint density at radius 3 is 2.79 bits per heavy atom. The van der Waals surface area contributed by atoms with Crippen LogP contribution in [0.4, 0.5) is 0 Å². The number of fused-ring (bicyclic) bond motifs is 2. The van der Waals surface area contributed by atoms with Crippen molar-refractivity contribution in [2.75, 3.05) is 13.1 Å². The van der Waals surface area contributed by atoms with E-state index in [0.29, 0.717) is 37.4 Å². The monoisotopic (exact) mass is 373 g/mol. The molecule has 8 heteroatoms. The Morgan fingerprint density at radius 2 is 1.89 bits per heavy atom. The summed E-state index contributed by atoms with van der Waals surface area (Å²) in [7, 11) is 0. The van der Waals surface area contributed by atoms with Crippen LogP contribution in [0.25, 0.3) is 5.65 Å².